The van der Waals surface area contributed by atoms with E-state index < -0.39 is 18.2 Å². The van der Waals surface area contributed by atoms with E-state index in [0.717, 1.165) is 77.0 Å². The van der Waals surface area contributed by atoms with Crippen molar-refractivity contribution in [3.05, 3.63) is 72.9 Å². The number of nitrogens with one attached hydrogen (secondary N) is 1. The number of unbranched alkanes of at least 4 members (excludes halogenated alkanes) is 21. The molecule has 0 saturated heterocycles. The van der Waals surface area contributed by atoms with E-state index in [0.29, 0.717) is 25.7 Å². The molecular weight excluding hydrogens is 755 g/mol. The number of ether oxygens (including phenoxy) is 1. The SMILES string of the molecule is CC/C=C\C/C=C\C/C=C\C/C=C\C/C=C\CCCC(=O)OC(CCC/C=C\CCCCCCCCC)CC(=O)NC(CO)C(O)CCCCCCCCCCCCCCC. The fourth-order valence-corrected chi connectivity index (χ4v) is 7.41. The molecule has 0 heterocycles. The number of rotatable bonds is 45. The van der Waals surface area contributed by atoms with Crippen molar-refractivity contribution in [3.8, 4) is 0 Å². The standard InChI is InChI=1S/C55H97NO5/c1-4-7-10-13-16-19-22-25-26-27-28-30-33-36-39-42-45-48-55(60)61-51(46-43-40-37-34-31-24-21-18-15-12-9-6-3)49-54(59)56-52(50-57)53(58)47-44-41-38-35-32-29-23-20-17-14-11-8-5-2/h7,10,16,19,25-26,28,30,34,36-37,39,51-53,57-58H,4-6,8-9,11-15,17-18,20-24,27,29,31-33,35,38,40-50H2,1-3H3,(H,56,59)/b10-7-,19-16-,26-25-,30-28-,37-34-,39-36-. The van der Waals surface area contributed by atoms with Crippen LogP contribution in [0.25, 0.3) is 0 Å². The van der Waals surface area contributed by atoms with Gasteiger partial charge in [0.15, 0.2) is 0 Å². The summed E-state index contributed by atoms with van der Waals surface area (Å²) < 4.78 is 5.88. The highest BCUT2D eigenvalue weighted by atomic mass is 16.5. The zero-order chi connectivity index (χ0) is 44.5. The number of allylic oxidation sites excluding steroid dienone is 12. The Morgan fingerprint density at radius 3 is 1.39 bits per heavy atom. The van der Waals surface area contributed by atoms with Crippen LogP contribution < -0.4 is 5.32 Å². The Bertz CT molecular complexity index is 1140. The molecule has 0 aliphatic rings. The summed E-state index contributed by atoms with van der Waals surface area (Å²) in [6.45, 7) is 6.34. The third-order valence-corrected chi connectivity index (χ3v) is 11.3. The maximum Gasteiger partial charge on any atom is 0.306 e. The van der Waals surface area contributed by atoms with E-state index in [4.69, 9.17) is 4.74 Å². The Kier molecular flexibility index (Phi) is 46.2. The normalized spacial score (nSPS) is 13.9. The van der Waals surface area contributed by atoms with Gasteiger partial charge in [0.05, 0.1) is 25.2 Å². The van der Waals surface area contributed by atoms with Crippen molar-refractivity contribution in [2.45, 2.75) is 257 Å². The van der Waals surface area contributed by atoms with E-state index in [1.54, 1.807) is 0 Å². The van der Waals surface area contributed by atoms with Gasteiger partial charge in [0, 0.05) is 6.42 Å². The average Bonchev–Trinajstić information content (AvgIpc) is 3.25. The molecule has 0 aliphatic heterocycles. The van der Waals surface area contributed by atoms with Crippen molar-refractivity contribution in [1.82, 2.24) is 5.32 Å². The molecule has 1 amide bonds. The number of esters is 1. The predicted molar refractivity (Wildman–Crippen MR) is 264 cm³/mol. The summed E-state index contributed by atoms with van der Waals surface area (Å²) in [4.78, 5) is 26.1. The van der Waals surface area contributed by atoms with E-state index in [1.165, 1.54) is 109 Å². The summed E-state index contributed by atoms with van der Waals surface area (Å²) in [6.07, 6.45) is 61.1. The Morgan fingerprint density at radius 1 is 0.492 bits per heavy atom. The van der Waals surface area contributed by atoms with Crippen LogP contribution in [0.2, 0.25) is 0 Å². The zero-order valence-electron chi connectivity index (χ0n) is 40.0. The van der Waals surface area contributed by atoms with Crippen molar-refractivity contribution in [3.63, 3.8) is 0 Å². The second kappa shape index (κ2) is 48.3. The van der Waals surface area contributed by atoms with E-state index in [1.807, 2.05) is 0 Å². The highest BCUT2D eigenvalue weighted by molar-refractivity contribution is 5.77. The predicted octanol–water partition coefficient (Wildman–Crippen LogP) is 15.4. The minimum absolute atomic E-state index is 0.0320. The van der Waals surface area contributed by atoms with Crippen molar-refractivity contribution in [2.75, 3.05) is 6.61 Å². The van der Waals surface area contributed by atoms with E-state index in [2.05, 4.69) is 99.0 Å². The number of carbonyl (C=O) groups excluding carboxylic acids is 2. The third kappa shape index (κ3) is 43.7. The molecule has 0 fully saturated rings. The van der Waals surface area contributed by atoms with Crippen LogP contribution in [0.15, 0.2) is 72.9 Å². The van der Waals surface area contributed by atoms with Crippen LogP contribution in [0, 0.1) is 0 Å². The first-order valence-corrected chi connectivity index (χ1v) is 25.7. The minimum Gasteiger partial charge on any atom is -0.462 e. The Hall–Kier alpha value is -2.70. The van der Waals surface area contributed by atoms with Crippen molar-refractivity contribution in [2.24, 2.45) is 0 Å². The van der Waals surface area contributed by atoms with Crippen LogP contribution in [0.1, 0.15) is 239 Å². The van der Waals surface area contributed by atoms with Crippen LogP contribution in [0.4, 0.5) is 0 Å². The highest BCUT2D eigenvalue weighted by Gasteiger charge is 2.24. The molecule has 352 valence electrons. The quantitative estimate of drug-likeness (QED) is 0.0322. The summed E-state index contributed by atoms with van der Waals surface area (Å²) in [5.74, 6) is -0.574. The number of hydrogen-bond donors (Lipinski definition) is 3. The van der Waals surface area contributed by atoms with Gasteiger partial charge < -0.3 is 20.3 Å². The number of aliphatic hydroxyl groups excluding tert-OH is 2. The molecule has 6 heteroatoms. The lowest BCUT2D eigenvalue weighted by Gasteiger charge is -2.24. The third-order valence-electron chi connectivity index (χ3n) is 11.3. The van der Waals surface area contributed by atoms with Crippen LogP contribution in [-0.2, 0) is 14.3 Å². The number of amides is 1. The molecule has 0 bridgehead atoms. The van der Waals surface area contributed by atoms with Crippen molar-refractivity contribution >= 4 is 11.9 Å². The Morgan fingerprint density at radius 2 is 0.902 bits per heavy atom. The molecular formula is C55H97NO5. The molecule has 0 saturated carbocycles. The van der Waals surface area contributed by atoms with E-state index >= 15 is 0 Å². The summed E-state index contributed by atoms with van der Waals surface area (Å²) in [5.41, 5.74) is 0. The lowest BCUT2D eigenvalue weighted by molar-refractivity contribution is -0.151. The second-order valence-corrected chi connectivity index (χ2v) is 17.2. The molecule has 0 rings (SSSR count). The van der Waals surface area contributed by atoms with E-state index in [9.17, 15) is 19.8 Å². The van der Waals surface area contributed by atoms with Crippen molar-refractivity contribution in [1.29, 1.82) is 0 Å². The summed E-state index contributed by atoms with van der Waals surface area (Å²) in [5, 5.41) is 23.7. The second-order valence-electron chi connectivity index (χ2n) is 17.2. The molecule has 0 radical (unpaired) electrons. The lowest BCUT2D eigenvalue weighted by atomic mass is 10.0. The van der Waals surface area contributed by atoms with E-state index in [-0.39, 0.29) is 24.9 Å². The van der Waals surface area contributed by atoms with Gasteiger partial charge >= 0.3 is 5.97 Å². The smallest absolute Gasteiger partial charge is 0.306 e. The first-order chi connectivity index (χ1) is 30.0. The van der Waals surface area contributed by atoms with Gasteiger partial charge in [-0.25, -0.2) is 0 Å². The summed E-state index contributed by atoms with van der Waals surface area (Å²) >= 11 is 0. The largest absolute Gasteiger partial charge is 0.462 e. The average molecular weight is 852 g/mol. The molecule has 0 aromatic heterocycles. The highest BCUT2D eigenvalue weighted by Crippen LogP contribution is 2.16. The molecule has 3 unspecified atom stereocenters. The molecule has 3 atom stereocenters. The zero-order valence-corrected chi connectivity index (χ0v) is 40.0. The molecule has 0 aromatic carbocycles. The number of hydrogen-bond acceptors (Lipinski definition) is 5. The van der Waals surface area contributed by atoms with Gasteiger partial charge in [-0.05, 0) is 83.5 Å². The van der Waals surface area contributed by atoms with Crippen LogP contribution >= 0.6 is 0 Å². The molecule has 6 nitrogen and oxygen atoms in total. The van der Waals surface area contributed by atoms with Gasteiger partial charge in [-0.15, -0.1) is 0 Å². The van der Waals surface area contributed by atoms with Gasteiger partial charge in [-0.2, -0.15) is 0 Å². The van der Waals surface area contributed by atoms with Gasteiger partial charge in [0.25, 0.3) is 0 Å². The summed E-state index contributed by atoms with van der Waals surface area (Å²) in [6, 6.07) is -0.723. The Balaban J connectivity index is 4.68. The van der Waals surface area contributed by atoms with Gasteiger partial charge in [-0.3, -0.25) is 9.59 Å². The number of aliphatic hydroxyl groups is 2. The molecule has 61 heavy (non-hydrogen) atoms. The molecule has 3 N–H and O–H groups in total. The lowest BCUT2D eigenvalue weighted by Crippen LogP contribution is -2.46. The fraction of sp³-hybridized carbons (Fsp3) is 0.745. The first-order valence-electron chi connectivity index (χ1n) is 25.7. The summed E-state index contributed by atoms with van der Waals surface area (Å²) in [7, 11) is 0. The maximum atomic E-state index is 13.2. The van der Waals surface area contributed by atoms with Crippen molar-refractivity contribution < 1.29 is 24.5 Å². The van der Waals surface area contributed by atoms with Gasteiger partial charge in [0.1, 0.15) is 6.10 Å². The van der Waals surface area contributed by atoms with Crippen LogP contribution in [-0.4, -0.2) is 46.9 Å². The van der Waals surface area contributed by atoms with Crippen LogP contribution in [0.5, 0.6) is 0 Å². The molecule has 0 spiro atoms. The fourth-order valence-electron chi connectivity index (χ4n) is 7.41. The molecule has 0 aliphatic carbocycles. The van der Waals surface area contributed by atoms with Gasteiger partial charge in [0.2, 0.25) is 5.91 Å². The topological polar surface area (TPSA) is 95.9 Å². The van der Waals surface area contributed by atoms with Crippen LogP contribution in [0.3, 0.4) is 0 Å². The minimum atomic E-state index is -0.805. The van der Waals surface area contributed by atoms with Gasteiger partial charge in [-0.1, -0.05) is 216 Å². The molecule has 0 aromatic rings. The maximum absolute atomic E-state index is 13.2. The monoisotopic (exact) mass is 852 g/mol. The number of carbonyl (C=O) groups is 2. The first kappa shape index (κ1) is 58.3. The Labute approximate surface area is 377 Å².